The molecule has 4 rings (SSSR count). The number of carbonyl (C=O) groups is 2. The molecule has 4 nitrogen and oxygen atoms in total. The number of amides is 2. The molecular weight excluding hydrogens is 428 g/mol. The molecule has 0 spiro atoms. The van der Waals surface area contributed by atoms with Crippen molar-refractivity contribution in [2.75, 3.05) is 10.2 Å². The maximum Gasteiger partial charge on any atom is 0.282 e. The molecule has 1 aliphatic rings. The van der Waals surface area contributed by atoms with Gasteiger partial charge in [-0.3, -0.25) is 9.59 Å². The maximum atomic E-state index is 13.4. The zero-order valence-electron chi connectivity index (χ0n) is 16.1. The summed E-state index contributed by atoms with van der Waals surface area (Å²) < 4.78 is 0.882. The predicted molar refractivity (Wildman–Crippen MR) is 120 cm³/mol. The van der Waals surface area contributed by atoms with Crippen LogP contribution in [0, 0.1) is 13.8 Å². The first kappa shape index (κ1) is 19.2. The molecule has 0 saturated carbocycles. The third kappa shape index (κ3) is 3.61. The SMILES string of the molecule is Cc1ccc(C2=C(Nc3cccc(Br)c3)C(=O)N(c3ccccc3)C2=O)c(C)c1. The van der Waals surface area contributed by atoms with E-state index in [-0.39, 0.29) is 17.5 Å². The lowest BCUT2D eigenvalue weighted by Crippen LogP contribution is -2.32. The van der Waals surface area contributed by atoms with Crippen molar-refractivity contribution >= 4 is 44.7 Å². The van der Waals surface area contributed by atoms with Crippen molar-refractivity contribution in [1.29, 1.82) is 0 Å². The fourth-order valence-electron chi connectivity index (χ4n) is 3.51. The van der Waals surface area contributed by atoms with Gasteiger partial charge in [-0.2, -0.15) is 0 Å². The highest BCUT2D eigenvalue weighted by Gasteiger charge is 2.40. The highest BCUT2D eigenvalue weighted by atomic mass is 79.9. The summed E-state index contributed by atoms with van der Waals surface area (Å²) in [5.41, 5.74) is 4.75. The van der Waals surface area contributed by atoms with E-state index < -0.39 is 0 Å². The largest absolute Gasteiger partial charge is 0.350 e. The Labute approximate surface area is 178 Å². The van der Waals surface area contributed by atoms with Crippen LogP contribution in [0.25, 0.3) is 5.57 Å². The average Bonchev–Trinajstić information content (AvgIpc) is 2.93. The summed E-state index contributed by atoms with van der Waals surface area (Å²) in [4.78, 5) is 28.0. The van der Waals surface area contributed by atoms with E-state index in [0.29, 0.717) is 11.3 Å². The van der Waals surface area contributed by atoms with E-state index in [1.165, 1.54) is 4.90 Å². The summed E-state index contributed by atoms with van der Waals surface area (Å²) in [7, 11) is 0. The Hall–Kier alpha value is -3.18. The molecule has 144 valence electrons. The number of halogens is 1. The molecule has 2 amide bonds. The van der Waals surface area contributed by atoms with E-state index in [4.69, 9.17) is 0 Å². The van der Waals surface area contributed by atoms with Gasteiger partial charge in [-0.05, 0) is 55.3 Å². The zero-order valence-corrected chi connectivity index (χ0v) is 17.7. The quantitative estimate of drug-likeness (QED) is 0.541. The summed E-state index contributed by atoms with van der Waals surface area (Å²) in [5, 5.41) is 3.19. The highest BCUT2D eigenvalue weighted by Crippen LogP contribution is 2.35. The number of carbonyl (C=O) groups excluding carboxylic acids is 2. The second-order valence-electron chi connectivity index (χ2n) is 6.98. The van der Waals surface area contributed by atoms with Gasteiger partial charge in [0.15, 0.2) is 0 Å². The van der Waals surface area contributed by atoms with Crippen LogP contribution in [-0.2, 0) is 9.59 Å². The van der Waals surface area contributed by atoms with E-state index in [1.807, 2.05) is 74.5 Å². The van der Waals surface area contributed by atoms with Crippen molar-refractivity contribution in [3.8, 4) is 0 Å². The Bertz CT molecular complexity index is 1150. The number of aryl methyl sites for hydroxylation is 2. The molecule has 0 aliphatic carbocycles. The van der Waals surface area contributed by atoms with Crippen molar-refractivity contribution < 1.29 is 9.59 Å². The summed E-state index contributed by atoms with van der Waals surface area (Å²) in [6.45, 7) is 3.96. The third-order valence-electron chi connectivity index (χ3n) is 4.84. The molecule has 3 aromatic rings. The summed E-state index contributed by atoms with van der Waals surface area (Å²) in [6.07, 6.45) is 0. The molecule has 5 heteroatoms. The van der Waals surface area contributed by atoms with Gasteiger partial charge in [0, 0.05) is 10.2 Å². The minimum atomic E-state index is -0.365. The second kappa shape index (κ2) is 7.68. The number of imide groups is 1. The van der Waals surface area contributed by atoms with Gasteiger partial charge in [0.2, 0.25) is 0 Å². The third-order valence-corrected chi connectivity index (χ3v) is 5.34. The Kier molecular flexibility index (Phi) is 5.07. The lowest BCUT2D eigenvalue weighted by atomic mass is 9.97. The molecule has 0 unspecified atom stereocenters. The summed E-state index contributed by atoms with van der Waals surface area (Å²) >= 11 is 3.45. The standard InChI is InChI=1S/C24H19BrN2O2/c1-15-11-12-20(16(2)13-15)21-22(26-18-8-6-7-17(25)14-18)24(29)27(23(21)28)19-9-4-3-5-10-19/h3-14,26H,1-2H3. The first-order valence-corrected chi connectivity index (χ1v) is 10.0. The molecular formula is C24H19BrN2O2. The number of rotatable bonds is 4. The molecule has 0 atom stereocenters. The van der Waals surface area contributed by atoms with Crippen LogP contribution in [-0.4, -0.2) is 11.8 Å². The van der Waals surface area contributed by atoms with Gasteiger partial charge in [0.25, 0.3) is 11.8 Å². The number of benzene rings is 3. The molecule has 29 heavy (non-hydrogen) atoms. The molecule has 0 aromatic heterocycles. The smallest absolute Gasteiger partial charge is 0.282 e. The van der Waals surface area contributed by atoms with Crippen LogP contribution < -0.4 is 10.2 Å². The fraction of sp³-hybridized carbons (Fsp3) is 0.0833. The molecule has 1 aliphatic heterocycles. The Morgan fingerprint density at radius 1 is 0.828 bits per heavy atom. The van der Waals surface area contributed by atoms with E-state index in [0.717, 1.165) is 26.9 Å². The maximum absolute atomic E-state index is 13.4. The zero-order chi connectivity index (χ0) is 20.5. The van der Waals surface area contributed by atoms with Crippen LogP contribution in [0.5, 0.6) is 0 Å². The van der Waals surface area contributed by atoms with E-state index >= 15 is 0 Å². The number of hydrogen-bond donors (Lipinski definition) is 1. The van der Waals surface area contributed by atoms with Crippen LogP contribution in [0.2, 0.25) is 0 Å². The van der Waals surface area contributed by atoms with Crippen molar-refractivity contribution in [3.63, 3.8) is 0 Å². The Morgan fingerprint density at radius 2 is 1.59 bits per heavy atom. The van der Waals surface area contributed by atoms with Crippen LogP contribution in [0.4, 0.5) is 11.4 Å². The van der Waals surface area contributed by atoms with E-state index in [9.17, 15) is 9.59 Å². The van der Waals surface area contributed by atoms with Gasteiger partial charge in [-0.15, -0.1) is 0 Å². The van der Waals surface area contributed by atoms with Gasteiger partial charge in [-0.1, -0.05) is 64.0 Å². The van der Waals surface area contributed by atoms with E-state index in [1.54, 1.807) is 12.1 Å². The number of nitrogens with one attached hydrogen (secondary N) is 1. The van der Waals surface area contributed by atoms with Crippen molar-refractivity contribution in [2.24, 2.45) is 0 Å². The van der Waals surface area contributed by atoms with Crippen LogP contribution in [0.1, 0.15) is 16.7 Å². The van der Waals surface area contributed by atoms with Gasteiger partial charge in [0.1, 0.15) is 5.70 Å². The molecule has 0 saturated heterocycles. The number of anilines is 2. The van der Waals surface area contributed by atoms with Crippen LogP contribution in [0.15, 0.2) is 83.0 Å². The van der Waals surface area contributed by atoms with Gasteiger partial charge in [-0.25, -0.2) is 4.90 Å². The Balaban J connectivity index is 1.87. The minimum Gasteiger partial charge on any atom is -0.350 e. The molecule has 1 N–H and O–H groups in total. The summed E-state index contributed by atoms with van der Waals surface area (Å²) in [6, 6.07) is 22.4. The minimum absolute atomic E-state index is 0.281. The molecule has 0 fully saturated rings. The topological polar surface area (TPSA) is 49.4 Å². The lowest BCUT2D eigenvalue weighted by Gasteiger charge is -2.15. The molecule has 1 heterocycles. The monoisotopic (exact) mass is 446 g/mol. The normalized spacial score (nSPS) is 14.0. The number of hydrogen-bond acceptors (Lipinski definition) is 3. The van der Waals surface area contributed by atoms with Crippen LogP contribution >= 0.6 is 15.9 Å². The van der Waals surface area contributed by atoms with Gasteiger partial charge < -0.3 is 5.32 Å². The number of nitrogens with zero attached hydrogens (tertiary/aromatic N) is 1. The summed E-state index contributed by atoms with van der Waals surface area (Å²) in [5.74, 6) is -0.693. The molecule has 3 aromatic carbocycles. The highest BCUT2D eigenvalue weighted by molar-refractivity contribution is 9.10. The molecule has 0 radical (unpaired) electrons. The predicted octanol–water partition coefficient (Wildman–Crippen LogP) is 5.46. The first-order chi connectivity index (χ1) is 14.0. The second-order valence-corrected chi connectivity index (χ2v) is 7.90. The van der Waals surface area contributed by atoms with Gasteiger partial charge >= 0.3 is 0 Å². The fourth-order valence-corrected chi connectivity index (χ4v) is 3.91. The van der Waals surface area contributed by atoms with Crippen LogP contribution in [0.3, 0.4) is 0 Å². The number of para-hydroxylation sites is 1. The average molecular weight is 447 g/mol. The lowest BCUT2D eigenvalue weighted by molar-refractivity contribution is -0.120. The van der Waals surface area contributed by atoms with E-state index in [2.05, 4.69) is 21.2 Å². The van der Waals surface area contributed by atoms with Crippen molar-refractivity contribution in [1.82, 2.24) is 0 Å². The van der Waals surface area contributed by atoms with Gasteiger partial charge in [0.05, 0.1) is 11.3 Å². The van der Waals surface area contributed by atoms with Crippen molar-refractivity contribution in [3.05, 3.63) is 99.7 Å². The first-order valence-electron chi connectivity index (χ1n) is 9.24. The Morgan fingerprint density at radius 3 is 2.28 bits per heavy atom. The molecule has 0 bridgehead atoms. The van der Waals surface area contributed by atoms with Crippen molar-refractivity contribution in [2.45, 2.75) is 13.8 Å².